The van der Waals surface area contributed by atoms with Crippen LogP contribution in [0.1, 0.15) is 36.6 Å². The van der Waals surface area contributed by atoms with Gasteiger partial charge in [-0.1, -0.05) is 19.9 Å². The van der Waals surface area contributed by atoms with Crippen molar-refractivity contribution < 1.29 is 0 Å². The van der Waals surface area contributed by atoms with Crippen LogP contribution in [0.5, 0.6) is 0 Å². The van der Waals surface area contributed by atoms with Crippen LogP contribution in [0.3, 0.4) is 0 Å². The van der Waals surface area contributed by atoms with Crippen LogP contribution in [0.15, 0.2) is 18.2 Å². The minimum absolute atomic E-state index is 0.318. The summed E-state index contributed by atoms with van der Waals surface area (Å²) in [6.07, 6.45) is 2.06. The zero-order chi connectivity index (χ0) is 12.2. The van der Waals surface area contributed by atoms with E-state index < -0.39 is 0 Å². The minimum Gasteiger partial charge on any atom is -0.347 e. The molecule has 2 nitrogen and oxygen atoms in total. The third-order valence-corrected chi connectivity index (χ3v) is 4.05. The van der Waals surface area contributed by atoms with Gasteiger partial charge in [-0.2, -0.15) is 0 Å². The van der Waals surface area contributed by atoms with E-state index in [0.717, 1.165) is 12.8 Å². The molecule has 3 rings (SSSR count). The monoisotopic (exact) mass is 228 g/mol. The summed E-state index contributed by atoms with van der Waals surface area (Å²) in [7, 11) is 2.16. The van der Waals surface area contributed by atoms with E-state index in [-0.39, 0.29) is 0 Å². The Kier molecular flexibility index (Phi) is 2.30. The maximum atomic E-state index is 6.07. The Morgan fingerprint density at radius 2 is 2.06 bits per heavy atom. The number of aryl methyl sites for hydroxylation is 1. The highest BCUT2D eigenvalue weighted by Gasteiger charge is 2.25. The molecule has 1 aromatic heterocycles. The maximum absolute atomic E-state index is 6.07. The molecule has 0 saturated carbocycles. The van der Waals surface area contributed by atoms with E-state index >= 15 is 0 Å². The first kappa shape index (κ1) is 10.8. The average Bonchev–Trinajstić information content (AvgIpc) is 2.78. The fraction of sp³-hybridized carbons (Fsp3) is 0.467. The molecule has 0 bridgehead atoms. The van der Waals surface area contributed by atoms with Crippen LogP contribution >= 0.6 is 0 Å². The number of rotatable bonds is 1. The molecule has 0 spiro atoms. The van der Waals surface area contributed by atoms with Gasteiger partial charge in [-0.3, -0.25) is 0 Å². The Labute approximate surface area is 102 Å². The summed E-state index contributed by atoms with van der Waals surface area (Å²) >= 11 is 0. The van der Waals surface area contributed by atoms with Gasteiger partial charge >= 0.3 is 0 Å². The average molecular weight is 228 g/mol. The van der Waals surface area contributed by atoms with Gasteiger partial charge in [-0.05, 0) is 35.6 Å². The third kappa shape index (κ3) is 1.51. The topological polar surface area (TPSA) is 30.9 Å². The Morgan fingerprint density at radius 1 is 1.29 bits per heavy atom. The summed E-state index contributed by atoms with van der Waals surface area (Å²) < 4.78 is 2.32. The minimum atomic E-state index is 0.318. The fourth-order valence-corrected chi connectivity index (χ4v) is 3.02. The molecule has 1 atom stereocenters. The molecule has 90 valence electrons. The molecule has 0 aliphatic heterocycles. The summed E-state index contributed by atoms with van der Waals surface area (Å²) in [6.45, 7) is 4.49. The second kappa shape index (κ2) is 3.61. The van der Waals surface area contributed by atoms with Gasteiger partial charge in [-0.15, -0.1) is 0 Å². The van der Waals surface area contributed by atoms with Gasteiger partial charge < -0.3 is 10.3 Å². The summed E-state index contributed by atoms with van der Waals surface area (Å²) in [5.41, 5.74) is 11.8. The normalized spacial score (nSPS) is 19.2. The predicted octanol–water partition coefficient (Wildman–Crippen LogP) is 2.73. The standard InChI is InChI=1S/C15H20N2/c1-9(2)10-4-5-14-12(6-10)13-7-11(16)8-15(13)17(14)3/h4-6,9,11H,7-8,16H2,1-3H3. The van der Waals surface area contributed by atoms with E-state index in [9.17, 15) is 0 Å². The highest BCUT2D eigenvalue weighted by molar-refractivity contribution is 5.87. The number of nitrogens with zero attached hydrogens (tertiary/aromatic N) is 1. The summed E-state index contributed by atoms with van der Waals surface area (Å²) in [4.78, 5) is 0. The SMILES string of the molecule is CC(C)c1ccc2c(c1)c1c(n2C)CC(N)C1. The molecule has 0 saturated heterocycles. The quantitative estimate of drug-likeness (QED) is 0.799. The van der Waals surface area contributed by atoms with E-state index in [1.807, 2.05) is 0 Å². The number of nitrogens with two attached hydrogens (primary N) is 1. The van der Waals surface area contributed by atoms with Crippen molar-refractivity contribution in [3.8, 4) is 0 Å². The van der Waals surface area contributed by atoms with Crippen molar-refractivity contribution in [1.29, 1.82) is 0 Å². The molecule has 2 aromatic rings. The molecule has 17 heavy (non-hydrogen) atoms. The summed E-state index contributed by atoms with van der Waals surface area (Å²) in [6, 6.07) is 7.19. The Bertz CT molecular complexity index is 578. The Morgan fingerprint density at radius 3 is 2.76 bits per heavy atom. The lowest BCUT2D eigenvalue weighted by atomic mass is 10.00. The lowest BCUT2D eigenvalue weighted by Crippen LogP contribution is -2.20. The molecule has 1 aliphatic carbocycles. The van der Waals surface area contributed by atoms with E-state index in [2.05, 4.69) is 43.7 Å². The van der Waals surface area contributed by atoms with Crippen molar-refractivity contribution >= 4 is 10.9 Å². The first-order valence-corrected chi connectivity index (χ1v) is 6.43. The van der Waals surface area contributed by atoms with Crippen LogP contribution in [0.25, 0.3) is 10.9 Å². The zero-order valence-electron chi connectivity index (χ0n) is 10.8. The molecule has 0 radical (unpaired) electrons. The number of hydrogen-bond acceptors (Lipinski definition) is 1. The van der Waals surface area contributed by atoms with E-state index in [1.165, 1.54) is 27.7 Å². The van der Waals surface area contributed by atoms with Gasteiger partial charge in [0.15, 0.2) is 0 Å². The van der Waals surface area contributed by atoms with Crippen molar-refractivity contribution in [2.75, 3.05) is 0 Å². The molecule has 2 N–H and O–H groups in total. The van der Waals surface area contributed by atoms with Crippen LogP contribution in [0.2, 0.25) is 0 Å². The molecular weight excluding hydrogens is 208 g/mol. The van der Waals surface area contributed by atoms with Gasteiger partial charge in [0.25, 0.3) is 0 Å². The fourth-order valence-electron chi connectivity index (χ4n) is 3.02. The van der Waals surface area contributed by atoms with Crippen LogP contribution < -0.4 is 5.73 Å². The van der Waals surface area contributed by atoms with Crippen molar-refractivity contribution in [3.05, 3.63) is 35.0 Å². The van der Waals surface area contributed by atoms with Crippen molar-refractivity contribution in [3.63, 3.8) is 0 Å². The highest BCUT2D eigenvalue weighted by Crippen LogP contribution is 2.33. The number of benzene rings is 1. The van der Waals surface area contributed by atoms with Gasteiger partial charge in [0.1, 0.15) is 0 Å². The Hall–Kier alpha value is -1.28. The molecule has 1 aromatic carbocycles. The largest absolute Gasteiger partial charge is 0.347 e. The zero-order valence-corrected chi connectivity index (χ0v) is 10.8. The molecule has 0 fully saturated rings. The highest BCUT2D eigenvalue weighted by atomic mass is 15.0. The lowest BCUT2D eigenvalue weighted by molar-refractivity contribution is 0.700. The van der Waals surface area contributed by atoms with Gasteiger partial charge in [0.05, 0.1) is 0 Å². The van der Waals surface area contributed by atoms with E-state index in [1.54, 1.807) is 0 Å². The van der Waals surface area contributed by atoms with E-state index in [4.69, 9.17) is 5.73 Å². The second-order valence-corrected chi connectivity index (χ2v) is 5.58. The number of aromatic nitrogens is 1. The lowest BCUT2D eigenvalue weighted by Gasteiger charge is -2.08. The maximum Gasteiger partial charge on any atom is 0.0482 e. The van der Waals surface area contributed by atoms with Gasteiger partial charge in [-0.25, -0.2) is 0 Å². The Balaban J connectivity index is 2.26. The first-order chi connectivity index (χ1) is 8.08. The molecule has 2 heteroatoms. The molecule has 0 amide bonds. The smallest absolute Gasteiger partial charge is 0.0482 e. The second-order valence-electron chi connectivity index (χ2n) is 5.58. The molecular formula is C15H20N2. The van der Waals surface area contributed by atoms with E-state index in [0.29, 0.717) is 12.0 Å². The number of fused-ring (bicyclic) bond motifs is 3. The van der Waals surface area contributed by atoms with Crippen molar-refractivity contribution in [2.24, 2.45) is 12.8 Å². The summed E-state index contributed by atoms with van der Waals surface area (Å²) in [5.74, 6) is 0.588. The predicted molar refractivity (Wildman–Crippen MR) is 72.4 cm³/mol. The van der Waals surface area contributed by atoms with Crippen molar-refractivity contribution in [1.82, 2.24) is 4.57 Å². The molecule has 1 heterocycles. The van der Waals surface area contributed by atoms with Gasteiger partial charge in [0.2, 0.25) is 0 Å². The van der Waals surface area contributed by atoms with Crippen molar-refractivity contribution in [2.45, 2.75) is 38.6 Å². The van der Waals surface area contributed by atoms with Crippen LogP contribution in [0, 0.1) is 0 Å². The number of hydrogen-bond donors (Lipinski definition) is 1. The third-order valence-electron chi connectivity index (χ3n) is 4.05. The van der Waals surface area contributed by atoms with Gasteiger partial charge in [0, 0.05) is 36.1 Å². The van der Waals surface area contributed by atoms with Crippen LogP contribution in [-0.2, 0) is 19.9 Å². The van der Waals surface area contributed by atoms with Crippen LogP contribution in [0.4, 0.5) is 0 Å². The first-order valence-electron chi connectivity index (χ1n) is 6.43. The molecule has 1 aliphatic rings. The molecule has 1 unspecified atom stereocenters. The van der Waals surface area contributed by atoms with Crippen LogP contribution in [-0.4, -0.2) is 10.6 Å². The summed E-state index contributed by atoms with van der Waals surface area (Å²) in [5, 5.41) is 1.42.